The van der Waals surface area contributed by atoms with Crippen LogP contribution in [0, 0.1) is 0 Å². The maximum atomic E-state index is 13.0. The zero-order valence-corrected chi connectivity index (χ0v) is 15.5. The van der Waals surface area contributed by atoms with Crippen LogP contribution in [0.15, 0.2) is 42.9 Å². The number of amides is 1. The van der Waals surface area contributed by atoms with Gasteiger partial charge in [0, 0.05) is 51.3 Å². The highest BCUT2D eigenvalue weighted by Gasteiger charge is 2.48. The summed E-state index contributed by atoms with van der Waals surface area (Å²) in [6.07, 6.45) is 5.36. The second-order valence-electron chi connectivity index (χ2n) is 7.05. The van der Waals surface area contributed by atoms with E-state index in [0.717, 1.165) is 5.56 Å². The molecular weight excluding hydrogens is 352 g/mol. The third-order valence-corrected chi connectivity index (χ3v) is 7.02. The molecule has 2 aromatic rings. The molecule has 1 amide bonds. The number of sulfone groups is 1. The summed E-state index contributed by atoms with van der Waals surface area (Å²) in [4.78, 5) is 21.1. The highest BCUT2D eigenvalue weighted by atomic mass is 32.2. The number of fused-ring (bicyclic) bond motifs is 1. The van der Waals surface area contributed by atoms with Crippen LogP contribution >= 0.6 is 0 Å². The number of nitrogens with zero attached hydrogens (tertiary/aromatic N) is 4. The molecule has 2 aromatic heterocycles. The lowest BCUT2D eigenvalue weighted by molar-refractivity contribution is 0.0298. The normalized spacial score (nSPS) is 25.2. The van der Waals surface area contributed by atoms with E-state index in [4.69, 9.17) is 0 Å². The molecule has 2 atom stereocenters. The lowest BCUT2D eigenvalue weighted by Gasteiger charge is -2.43. The lowest BCUT2D eigenvalue weighted by Crippen LogP contribution is -2.60. The molecule has 4 heterocycles. The third-order valence-electron chi connectivity index (χ3n) is 5.32. The molecule has 4 rings (SSSR count). The summed E-state index contributed by atoms with van der Waals surface area (Å²) >= 11 is 0. The SMILES string of the molecule is Cn1cccc1C(=O)N1CCN(Cc2cccnc2)[C@@H]2CS(=O)(=O)C[C@@H]21. The Bertz CT molecular complexity index is 910. The van der Waals surface area contributed by atoms with Crippen LogP contribution in [-0.2, 0) is 23.4 Å². The number of carbonyl (C=O) groups is 1. The average Bonchev–Trinajstić information content (AvgIpc) is 3.17. The Balaban J connectivity index is 1.60. The second-order valence-corrected chi connectivity index (χ2v) is 9.20. The quantitative estimate of drug-likeness (QED) is 0.784. The minimum Gasteiger partial charge on any atom is -0.347 e. The Morgan fingerprint density at radius 3 is 2.69 bits per heavy atom. The van der Waals surface area contributed by atoms with E-state index in [-0.39, 0.29) is 29.5 Å². The summed E-state index contributed by atoms with van der Waals surface area (Å²) in [5.74, 6) is 0.0530. The third kappa shape index (κ3) is 3.14. The van der Waals surface area contributed by atoms with Gasteiger partial charge in [-0.3, -0.25) is 14.7 Å². The van der Waals surface area contributed by atoms with Crippen molar-refractivity contribution in [3.8, 4) is 0 Å². The molecule has 8 heteroatoms. The van der Waals surface area contributed by atoms with Crippen molar-refractivity contribution in [2.75, 3.05) is 24.6 Å². The standard InChI is InChI=1S/C18H22N4O3S/c1-20-7-3-5-15(20)18(23)22-9-8-21(11-14-4-2-6-19-10-14)16-12-26(24,25)13-17(16)22/h2-7,10,16-17H,8-9,11-13H2,1H3/t16-,17+/m1/s1. The number of carbonyl (C=O) groups excluding carboxylic acids is 1. The first kappa shape index (κ1) is 17.2. The molecule has 7 nitrogen and oxygen atoms in total. The number of pyridine rings is 1. The molecule has 0 bridgehead atoms. The zero-order valence-electron chi connectivity index (χ0n) is 14.7. The van der Waals surface area contributed by atoms with Gasteiger partial charge in [-0.05, 0) is 23.8 Å². The highest BCUT2D eigenvalue weighted by molar-refractivity contribution is 7.91. The number of hydrogen-bond donors (Lipinski definition) is 0. The van der Waals surface area contributed by atoms with Crippen LogP contribution in [-0.4, -0.2) is 70.4 Å². The number of hydrogen-bond acceptors (Lipinski definition) is 5. The Kier molecular flexibility index (Phi) is 4.32. The summed E-state index contributed by atoms with van der Waals surface area (Å²) in [7, 11) is -1.33. The Labute approximate surface area is 153 Å². The van der Waals surface area contributed by atoms with E-state index in [1.807, 2.05) is 31.4 Å². The predicted octanol–water partition coefficient (Wildman–Crippen LogP) is 0.544. The summed E-state index contributed by atoms with van der Waals surface area (Å²) < 4.78 is 26.4. The van der Waals surface area contributed by atoms with Gasteiger partial charge in [0.15, 0.2) is 9.84 Å². The van der Waals surface area contributed by atoms with Crippen molar-refractivity contribution < 1.29 is 13.2 Å². The smallest absolute Gasteiger partial charge is 0.270 e. The summed E-state index contributed by atoms with van der Waals surface area (Å²) in [6, 6.07) is 7.02. The number of aryl methyl sites for hydroxylation is 1. The number of aromatic nitrogens is 2. The van der Waals surface area contributed by atoms with Crippen LogP contribution in [0.3, 0.4) is 0 Å². The van der Waals surface area contributed by atoms with Crippen LogP contribution in [0.2, 0.25) is 0 Å². The van der Waals surface area contributed by atoms with Gasteiger partial charge in [-0.1, -0.05) is 6.07 Å². The predicted molar refractivity (Wildman–Crippen MR) is 97.3 cm³/mol. The Morgan fingerprint density at radius 2 is 2.00 bits per heavy atom. The van der Waals surface area contributed by atoms with Crippen LogP contribution < -0.4 is 0 Å². The summed E-state index contributed by atoms with van der Waals surface area (Å²) in [5, 5.41) is 0. The van der Waals surface area contributed by atoms with E-state index in [1.54, 1.807) is 27.9 Å². The van der Waals surface area contributed by atoms with Crippen molar-refractivity contribution in [2.24, 2.45) is 7.05 Å². The average molecular weight is 374 g/mol. The van der Waals surface area contributed by atoms with Crippen molar-refractivity contribution in [1.82, 2.24) is 19.4 Å². The van der Waals surface area contributed by atoms with E-state index < -0.39 is 9.84 Å². The number of piperazine rings is 1. The van der Waals surface area contributed by atoms with Crippen molar-refractivity contribution in [3.63, 3.8) is 0 Å². The van der Waals surface area contributed by atoms with Crippen molar-refractivity contribution in [1.29, 1.82) is 0 Å². The highest BCUT2D eigenvalue weighted by Crippen LogP contribution is 2.29. The van der Waals surface area contributed by atoms with Crippen LogP contribution in [0.25, 0.3) is 0 Å². The summed E-state index contributed by atoms with van der Waals surface area (Å²) in [6.45, 7) is 1.83. The van der Waals surface area contributed by atoms with Gasteiger partial charge in [-0.15, -0.1) is 0 Å². The van der Waals surface area contributed by atoms with Gasteiger partial charge in [0.1, 0.15) is 5.69 Å². The molecule has 0 aliphatic carbocycles. The fourth-order valence-electron chi connectivity index (χ4n) is 4.03. The second kappa shape index (κ2) is 6.51. The van der Waals surface area contributed by atoms with Gasteiger partial charge in [0.25, 0.3) is 5.91 Å². The molecule has 26 heavy (non-hydrogen) atoms. The van der Waals surface area contributed by atoms with E-state index in [1.165, 1.54) is 0 Å². The maximum absolute atomic E-state index is 13.0. The van der Waals surface area contributed by atoms with Gasteiger partial charge < -0.3 is 9.47 Å². The first-order valence-electron chi connectivity index (χ1n) is 8.70. The molecule has 138 valence electrons. The van der Waals surface area contributed by atoms with Crippen molar-refractivity contribution >= 4 is 15.7 Å². The molecule has 0 radical (unpaired) electrons. The molecular formula is C18H22N4O3S. The van der Waals surface area contributed by atoms with Crippen LogP contribution in [0.4, 0.5) is 0 Å². The molecule has 2 aliphatic rings. The van der Waals surface area contributed by atoms with Crippen LogP contribution in [0.5, 0.6) is 0 Å². The Hall–Kier alpha value is -2.19. The molecule has 2 fully saturated rings. The molecule has 0 aromatic carbocycles. The molecule has 0 unspecified atom stereocenters. The fraction of sp³-hybridized carbons (Fsp3) is 0.444. The van der Waals surface area contributed by atoms with Crippen molar-refractivity contribution in [2.45, 2.75) is 18.6 Å². The van der Waals surface area contributed by atoms with Gasteiger partial charge in [-0.25, -0.2) is 8.42 Å². The first-order valence-corrected chi connectivity index (χ1v) is 10.5. The monoisotopic (exact) mass is 374 g/mol. The van der Waals surface area contributed by atoms with E-state index >= 15 is 0 Å². The van der Waals surface area contributed by atoms with Gasteiger partial charge >= 0.3 is 0 Å². The molecule has 2 saturated heterocycles. The maximum Gasteiger partial charge on any atom is 0.270 e. The first-order chi connectivity index (χ1) is 12.4. The van der Waals surface area contributed by atoms with Gasteiger partial charge in [0.05, 0.1) is 17.5 Å². The topological polar surface area (TPSA) is 75.5 Å². The van der Waals surface area contributed by atoms with E-state index in [0.29, 0.717) is 25.3 Å². The largest absolute Gasteiger partial charge is 0.347 e. The number of rotatable bonds is 3. The minimum absolute atomic E-state index is 0.0391. The minimum atomic E-state index is -3.16. The van der Waals surface area contributed by atoms with Crippen LogP contribution in [0.1, 0.15) is 16.1 Å². The van der Waals surface area contributed by atoms with Gasteiger partial charge in [0.2, 0.25) is 0 Å². The van der Waals surface area contributed by atoms with E-state index in [9.17, 15) is 13.2 Å². The van der Waals surface area contributed by atoms with Gasteiger partial charge in [-0.2, -0.15) is 0 Å². The lowest BCUT2D eigenvalue weighted by atomic mass is 10.0. The molecule has 2 aliphatic heterocycles. The van der Waals surface area contributed by atoms with Crippen molar-refractivity contribution in [3.05, 3.63) is 54.1 Å². The fourth-order valence-corrected chi connectivity index (χ4v) is 6.04. The Morgan fingerprint density at radius 1 is 1.19 bits per heavy atom. The zero-order chi connectivity index (χ0) is 18.3. The molecule has 0 saturated carbocycles. The summed E-state index contributed by atoms with van der Waals surface area (Å²) in [5.41, 5.74) is 1.64. The molecule has 0 N–H and O–H groups in total. The van der Waals surface area contributed by atoms with E-state index in [2.05, 4.69) is 9.88 Å². The molecule has 0 spiro atoms.